The lowest BCUT2D eigenvalue weighted by molar-refractivity contribution is -0.121. The van der Waals surface area contributed by atoms with Gasteiger partial charge in [-0.25, -0.2) is 4.39 Å². The maximum absolute atomic E-state index is 12.9. The zero-order valence-corrected chi connectivity index (χ0v) is 13.5. The molecule has 0 unspecified atom stereocenters. The maximum Gasteiger partial charge on any atom is 0.226 e. The first kappa shape index (κ1) is 16.8. The van der Waals surface area contributed by atoms with Gasteiger partial charge in [-0.3, -0.25) is 9.78 Å². The van der Waals surface area contributed by atoms with Gasteiger partial charge in [0.15, 0.2) is 0 Å². The molecule has 1 amide bonds. The van der Waals surface area contributed by atoms with E-state index in [9.17, 15) is 9.18 Å². The fourth-order valence-corrected chi connectivity index (χ4v) is 2.26. The highest BCUT2D eigenvalue weighted by molar-refractivity contribution is 5.75. The van der Waals surface area contributed by atoms with E-state index >= 15 is 0 Å². The molecule has 3 aromatic rings. The number of nitrogens with one attached hydrogen (secondary N) is 1. The predicted molar refractivity (Wildman–Crippen MR) is 88.7 cm³/mol. The minimum absolute atomic E-state index is 0.0323. The highest BCUT2D eigenvalue weighted by atomic mass is 19.1. The Hall–Kier alpha value is -3.09. The van der Waals surface area contributed by atoms with E-state index < -0.39 is 0 Å². The number of aromatic nitrogens is 3. The largest absolute Gasteiger partial charge is 0.352 e. The van der Waals surface area contributed by atoms with E-state index in [1.807, 2.05) is 12.1 Å². The van der Waals surface area contributed by atoms with Crippen LogP contribution in [0.5, 0.6) is 0 Å². The topological polar surface area (TPSA) is 80.9 Å². The maximum atomic E-state index is 12.9. The Kier molecular flexibility index (Phi) is 5.46. The molecule has 1 aromatic carbocycles. The van der Waals surface area contributed by atoms with Crippen molar-refractivity contribution in [2.45, 2.75) is 25.8 Å². The fourth-order valence-electron chi connectivity index (χ4n) is 2.26. The normalized spacial score (nSPS) is 10.6. The van der Waals surface area contributed by atoms with Crippen LogP contribution in [0.4, 0.5) is 4.39 Å². The van der Waals surface area contributed by atoms with Gasteiger partial charge in [-0.2, -0.15) is 4.98 Å². The number of rotatable bonds is 7. The lowest BCUT2D eigenvalue weighted by Gasteiger charge is -2.04. The van der Waals surface area contributed by atoms with Gasteiger partial charge in [0.2, 0.25) is 17.6 Å². The third kappa shape index (κ3) is 4.94. The van der Waals surface area contributed by atoms with Gasteiger partial charge in [-0.15, -0.1) is 0 Å². The number of benzene rings is 1. The summed E-state index contributed by atoms with van der Waals surface area (Å²) in [6.07, 6.45) is 4.87. The number of carbonyl (C=O) groups excluding carboxylic acids is 1. The predicted octanol–water partition coefficient (Wildman–Crippen LogP) is 2.91. The van der Waals surface area contributed by atoms with Crippen LogP contribution in [0.25, 0.3) is 11.4 Å². The molecule has 0 aliphatic rings. The lowest BCUT2D eigenvalue weighted by Crippen LogP contribution is -2.22. The number of hydrogen-bond acceptors (Lipinski definition) is 5. The minimum atomic E-state index is -0.315. The smallest absolute Gasteiger partial charge is 0.226 e. The van der Waals surface area contributed by atoms with Gasteiger partial charge < -0.3 is 9.84 Å². The van der Waals surface area contributed by atoms with Crippen molar-refractivity contribution in [1.29, 1.82) is 0 Å². The van der Waals surface area contributed by atoms with Crippen LogP contribution in [0, 0.1) is 5.82 Å². The van der Waals surface area contributed by atoms with Crippen molar-refractivity contribution in [1.82, 2.24) is 20.4 Å². The second kappa shape index (κ2) is 8.14. The molecule has 25 heavy (non-hydrogen) atoms. The lowest BCUT2D eigenvalue weighted by atomic mass is 10.2. The zero-order chi connectivity index (χ0) is 17.5. The second-order valence-corrected chi connectivity index (χ2v) is 5.50. The van der Waals surface area contributed by atoms with Crippen LogP contribution in [0.1, 0.15) is 24.3 Å². The molecule has 2 aromatic heterocycles. The Balaban J connectivity index is 1.43. The van der Waals surface area contributed by atoms with Crippen molar-refractivity contribution in [3.63, 3.8) is 0 Å². The molecule has 0 spiro atoms. The summed E-state index contributed by atoms with van der Waals surface area (Å²) < 4.78 is 18.1. The van der Waals surface area contributed by atoms with Crippen molar-refractivity contribution in [2.24, 2.45) is 0 Å². The molecule has 2 heterocycles. The molecule has 0 aliphatic carbocycles. The quantitative estimate of drug-likeness (QED) is 0.715. The van der Waals surface area contributed by atoms with Crippen molar-refractivity contribution < 1.29 is 13.7 Å². The van der Waals surface area contributed by atoms with Gasteiger partial charge in [0, 0.05) is 37.3 Å². The summed E-state index contributed by atoms with van der Waals surface area (Å²) in [5, 5.41) is 6.73. The summed E-state index contributed by atoms with van der Waals surface area (Å²) in [5.74, 6) is 0.527. The van der Waals surface area contributed by atoms with Crippen LogP contribution >= 0.6 is 0 Å². The number of halogens is 1. The first-order valence-electron chi connectivity index (χ1n) is 7.95. The third-order valence-electron chi connectivity index (χ3n) is 3.60. The Morgan fingerprint density at radius 1 is 1.12 bits per heavy atom. The monoisotopic (exact) mass is 340 g/mol. The fraction of sp³-hybridized carbons (Fsp3) is 0.222. The van der Waals surface area contributed by atoms with Gasteiger partial charge in [0.1, 0.15) is 5.82 Å². The molecule has 0 atom stereocenters. The molecule has 128 valence electrons. The Labute approximate surface area is 144 Å². The number of carbonyl (C=O) groups is 1. The van der Waals surface area contributed by atoms with Gasteiger partial charge in [-0.05, 0) is 48.4 Å². The molecule has 1 N–H and O–H groups in total. The molecule has 0 aliphatic heterocycles. The summed E-state index contributed by atoms with van der Waals surface area (Å²) >= 11 is 0. The summed E-state index contributed by atoms with van der Waals surface area (Å²) in [7, 11) is 0. The SMILES string of the molecule is O=C(CCCc1nc(-c2ccc(F)cc2)no1)NCc1ccncc1. The molecule has 7 heteroatoms. The molecular weight excluding hydrogens is 323 g/mol. The van der Waals surface area contributed by atoms with Crippen molar-refractivity contribution >= 4 is 5.91 Å². The third-order valence-corrected chi connectivity index (χ3v) is 3.60. The van der Waals surface area contributed by atoms with Gasteiger partial charge in [0.25, 0.3) is 0 Å². The van der Waals surface area contributed by atoms with Gasteiger partial charge in [-0.1, -0.05) is 5.16 Å². The number of aryl methyl sites for hydroxylation is 1. The molecule has 0 fully saturated rings. The number of hydrogen-bond donors (Lipinski definition) is 1. The number of nitrogens with zero attached hydrogens (tertiary/aromatic N) is 3. The van der Waals surface area contributed by atoms with Crippen LogP contribution in [0.15, 0.2) is 53.3 Å². The number of pyridine rings is 1. The van der Waals surface area contributed by atoms with Crippen LogP contribution in [-0.4, -0.2) is 21.0 Å². The highest BCUT2D eigenvalue weighted by Gasteiger charge is 2.09. The summed E-state index contributed by atoms with van der Waals surface area (Å²) in [6, 6.07) is 9.59. The molecular formula is C18H17FN4O2. The van der Waals surface area contributed by atoms with E-state index in [1.54, 1.807) is 24.5 Å². The molecule has 0 bridgehead atoms. The minimum Gasteiger partial charge on any atom is -0.352 e. The van der Waals surface area contributed by atoms with E-state index in [1.165, 1.54) is 12.1 Å². The molecule has 0 saturated heterocycles. The Bertz CT molecular complexity index is 819. The van der Waals surface area contributed by atoms with Crippen molar-refractivity contribution in [3.8, 4) is 11.4 Å². The van der Waals surface area contributed by atoms with Crippen LogP contribution in [0.2, 0.25) is 0 Å². The summed E-state index contributed by atoms with van der Waals surface area (Å²) in [6.45, 7) is 0.483. The van der Waals surface area contributed by atoms with E-state index in [0.717, 1.165) is 5.56 Å². The first-order chi connectivity index (χ1) is 12.2. The van der Waals surface area contributed by atoms with E-state index in [2.05, 4.69) is 20.4 Å². The van der Waals surface area contributed by atoms with Gasteiger partial charge in [0.05, 0.1) is 0 Å². The summed E-state index contributed by atoms with van der Waals surface area (Å²) in [5.41, 5.74) is 1.69. The number of amides is 1. The van der Waals surface area contributed by atoms with E-state index in [4.69, 9.17) is 4.52 Å². The van der Waals surface area contributed by atoms with Crippen molar-refractivity contribution in [2.75, 3.05) is 0 Å². The second-order valence-electron chi connectivity index (χ2n) is 5.50. The summed E-state index contributed by atoms with van der Waals surface area (Å²) in [4.78, 5) is 20.0. The standard InChI is InChI=1S/C18H17FN4O2/c19-15-6-4-14(5-7-15)18-22-17(25-23-18)3-1-2-16(24)21-12-13-8-10-20-11-9-13/h4-11H,1-3,12H2,(H,21,24). The van der Waals surface area contributed by atoms with Crippen molar-refractivity contribution in [3.05, 3.63) is 66.1 Å². The van der Waals surface area contributed by atoms with Crippen LogP contribution in [-0.2, 0) is 17.8 Å². The zero-order valence-electron chi connectivity index (χ0n) is 13.5. The highest BCUT2D eigenvalue weighted by Crippen LogP contribution is 2.16. The molecule has 6 nitrogen and oxygen atoms in total. The van der Waals surface area contributed by atoms with E-state index in [-0.39, 0.29) is 11.7 Å². The van der Waals surface area contributed by atoms with Crippen LogP contribution < -0.4 is 5.32 Å². The average Bonchev–Trinajstić information content (AvgIpc) is 3.10. The average molecular weight is 340 g/mol. The van der Waals surface area contributed by atoms with Crippen LogP contribution in [0.3, 0.4) is 0 Å². The molecule has 3 rings (SSSR count). The van der Waals surface area contributed by atoms with Gasteiger partial charge >= 0.3 is 0 Å². The Morgan fingerprint density at radius 3 is 2.64 bits per heavy atom. The Morgan fingerprint density at radius 2 is 1.88 bits per heavy atom. The van der Waals surface area contributed by atoms with E-state index in [0.29, 0.717) is 43.1 Å². The molecule has 0 saturated carbocycles. The first-order valence-corrected chi connectivity index (χ1v) is 7.95. The molecule has 0 radical (unpaired) electrons.